The molecule has 0 aliphatic rings. The first-order valence-electron chi connectivity index (χ1n) is 8.33. The van der Waals surface area contributed by atoms with Crippen LogP contribution < -0.4 is 10.3 Å². The number of hydrogen-bond acceptors (Lipinski definition) is 5. The zero-order valence-electron chi connectivity index (χ0n) is 14.7. The van der Waals surface area contributed by atoms with Gasteiger partial charge in [0.2, 0.25) is 0 Å². The van der Waals surface area contributed by atoms with Gasteiger partial charge in [-0.1, -0.05) is 30.8 Å². The van der Waals surface area contributed by atoms with Crippen molar-refractivity contribution in [1.82, 2.24) is 19.8 Å². The van der Waals surface area contributed by atoms with Gasteiger partial charge in [0.15, 0.2) is 10.7 Å². The fourth-order valence-electron chi connectivity index (χ4n) is 2.93. The maximum absolute atomic E-state index is 12.4. The molecule has 6 nitrogen and oxygen atoms in total. The lowest BCUT2D eigenvalue weighted by molar-refractivity contribution is 0.415. The molecule has 4 aromatic rings. The predicted molar refractivity (Wildman–Crippen MR) is 102 cm³/mol. The smallest absolute Gasteiger partial charge is 0.281 e. The second-order valence-electron chi connectivity index (χ2n) is 6.03. The predicted octanol–water partition coefficient (Wildman–Crippen LogP) is 3.60. The lowest BCUT2D eigenvalue weighted by Gasteiger charge is -2.06. The van der Waals surface area contributed by atoms with E-state index in [9.17, 15) is 4.79 Å². The number of benzene rings is 2. The van der Waals surface area contributed by atoms with Crippen LogP contribution in [0.3, 0.4) is 0 Å². The van der Waals surface area contributed by atoms with Crippen molar-refractivity contribution in [3.8, 4) is 5.75 Å². The molecule has 0 atom stereocenters. The minimum Gasteiger partial charge on any atom is -0.497 e. The fourth-order valence-corrected chi connectivity index (χ4v) is 3.81. The molecule has 7 heteroatoms. The fraction of sp³-hybridized carbons (Fsp3) is 0.211. The van der Waals surface area contributed by atoms with Gasteiger partial charge in [-0.3, -0.25) is 4.79 Å². The highest BCUT2D eigenvalue weighted by Gasteiger charge is 2.15. The average molecular weight is 366 g/mol. The van der Waals surface area contributed by atoms with Crippen LogP contribution in [-0.4, -0.2) is 26.9 Å². The molecule has 0 radical (unpaired) electrons. The number of nitrogens with zero attached hydrogens (tertiary/aromatic N) is 3. The van der Waals surface area contributed by atoms with Crippen molar-refractivity contribution in [2.45, 2.75) is 30.2 Å². The molecule has 2 aromatic carbocycles. The van der Waals surface area contributed by atoms with Crippen molar-refractivity contribution in [2.24, 2.45) is 0 Å². The quantitative estimate of drug-likeness (QED) is 0.597. The summed E-state index contributed by atoms with van der Waals surface area (Å²) in [6.45, 7) is 4.22. The Bertz CT molecular complexity index is 1180. The van der Waals surface area contributed by atoms with E-state index in [1.165, 1.54) is 22.9 Å². The van der Waals surface area contributed by atoms with E-state index in [0.717, 1.165) is 11.3 Å². The van der Waals surface area contributed by atoms with Crippen LogP contribution in [0.5, 0.6) is 5.75 Å². The summed E-state index contributed by atoms with van der Waals surface area (Å²) in [6.07, 6.45) is 1.00. The van der Waals surface area contributed by atoms with E-state index in [-0.39, 0.29) is 5.56 Å². The topological polar surface area (TPSA) is 72.3 Å². The van der Waals surface area contributed by atoms with E-state index < -0.39 is 0 Å². The van der Waals surface area contributed by atoms with Crippen LogP contribution in [0.2, 0.25) is 0 Å². The summed E-state index contributed by atoms with van der Waals surface area (Å²) < 4.78 is 7.00. The van der Waals surface area contributed by atoms with Gasteiger partial charge >= 0.3 is 0 Å². The zero-order valence-corrected chi connectivity index (χ0v) is 15.6. The summed E-state index contributed by atoms with van der Waals surface area (Å²) in [7, 11) is 1.60. The first kappa shape index (κ1) is 16.7. The Morgan fingerprint density at radius 1 is 1.23 bits per heavy atom. The van der Waals surface area contributed by atoms with Crippen LogP contribution in [0, 0.1) is 6.92 Å². The summed E-state index contributed by atoms with van der Waals surface area (Å²) in [4.78, 5) is 17.8. The molecule has 2 aromatic heterocycles. The second-order valence-corrected chi connectivity index (χ2v) is 7.06. The minimum atomic E-state index is -0.274. The maximum Gasteiger partial charge on any atom is 0.281 e. The molecule has 132 valence electrons. The Labute approximate surface area is 154 Å². The van der Waals surface area contributed by atoms with Crippen molar-refractivity contribution >= 4 is 28.3 Å². The van der Waals surface area contributed by atoms with Gasteiger partial charge in [-0.2, -0.15) is 4.98 Å². The molecule has 2 heterocycles. The number of H-pyrrole nitrogens is 1. The van der Waals surface area contributed by atoms with E-state index in [0.29, 0.717) is 27.3 Å². The summed E-state index contributed by atoms with van der Waals surface area (Å²) >= 11 is 1.50. The molecule has 0 spiro atoms. The van der Waals surface area contributed by atoms with Crippen LogP contribution in [0.15, 0.2) is 51.1 Å². The molecular weight excluding hydrogens is 348 g/mol. The molecule has 0 fully saturated rings. The number of ether oxygens (including phenoxy) is 1. The summed E-state index contributed by atoms with van der Waals surface area (Å²) in [5.74, 6) is 0.673. The number of aryl methyl sites for hydroxylation is 2. The van der Waals surface area contributed by atoms with Crippen LogP contribution in [0.4, 0.5) is 0 Å². The molecule has 0 saturated heterocycles. The molecule has 0 aliphatic heterocycles. The third-order valence-corrected chi connectivity index (χ3v) is 5.54. The van der Waals surface area contributed by atoms with Crippen LogP contribution in [0.1, 0.15) is 18.1 Å². The van der Waals surface area contributed by atoms with Crippen molar-refractivity contribution in [3.63, 3.8) is 0 Å². The normalized spacial score (nSPS) is 11.3. The van der Waals surface area contributed by atoms with Crippen molar-refractivity contribution in [1.29, 1.82) is 0 Å². The molecule has 0 saturated carbocycles. The van der Waals surface area contributed by atoms with Gasteiger partial charge in [0, 0.05) is 11.0 Å². The number of rotatable bonds is 4. The van der Waals surface area contributed by atoms with E-state index >= 15 is 0 Å². The Hall–Kier alpha value is -2.80. The minimum absolute atomic E-state index is 0.274. The summed E-state index contributed by atoms with van der Waals surface area (Å²) in [6, 6.07) is 11.7. The van der Waals surface area contributed by atoms with Gasteiger partial charge < -0.3 is 4.74 Å². The molecule has 0 bridgehead atoms. The van der Waals surface area contributed by atoms with Crippen molar-refractivity contribution in [2.75, 3.05) is 7.11 Å². The van der Waals surface area contributed by atoms with Crippen LogP contribution in [-0.2, 0) is 6.42 Å². The number of fused-ring (bicyclic) bond motifs is 3. The summed E-state index contributed by atoms with van der Waals surface area (Å²) in [5, 5.41) is 8.53. The lowest BCUT2D eigenvalue weighted by Crippen LogP contribution is -2.10. The van der Waals surface area contributed by atoms with Gasteiger partial charge in [-0.25, -0.2) is 9.73 Å². The summed E-state index contributed by atoms with van der Waals surface area (Å²) in [5.41, 5.74) is 3.41. The average Bonchev–Trinajstić information content (AvgIpc) is 3.05. The van der Waals surface area contributed by atoms with E-state index in [1.54, 1.807) is 29.8 Å². The monoisotopic (exact) mass is 366 g/mol. The van der Waals surface area contributed by atoms with Crippen LogP contribution >= 0.6 is 11.8 Å². The zero-order chi connectivity index (χ0) is 18.3. The standard InChI is InChI=1S/C19H18N4O2S/c1-4-12-5-8-16(11(2)9-12)26-19-17-20-18(24)14-7-6-13(25-3)10-15(14)23(17)22-21-19/h5-10,22H,4H2,1-3H3. The first-order chi connectivity index (χ1) is 12.6. The van der Waals surface area contributed by atoms with Crippen LogP contribution in [0.25, 0.3) is 16.6 Å². The molecular formula is C19H18N4O2S. The Balaban J connectivity index is 1.86. The maximum atomic E-state index is 12.4. The van der Waals surface area contributed by atoms with E-state index in [4.69, 9.17) is 4.74 Å². The molecule has 0 unspecified atom stereocenters. The van der Waals surface area contributed by atoms with Gasteiger partial charge in [0.1, 0.15) is 5.75 Å². The first-order valence-corrected chi connectivity index (χ1v) is 9.14. The van der Waals surface area contributed by atoms with E-state index in [2.05, 4.69) is 47.3 Å². The number of hydrogen-bond donors (Lipinski definition) is 1. The van der Waals surface area contributed by atoms with Crippen molar-refractivity contribution in [3.05, 3.63) is 57.9 Å². The molecule has 0 amide bonds. The Kier molecular flexibility index (Phi) is 4.16. The highest BCUT2D eigenvalue weighted by atomic mass is 32.2. The number of aromatic nitrogens is 4. The highest BCUT2D eigenvalue weighted by Crippen LogP contribution is 2.32. The Morgan fingerprint density at radius 2 is 2.08 bits per heavy atom. The molecule has 1 N–H and O–H groups in total. The third-order valence-electron chi connectivity index (χ3n) is 4.39. The molecule has 0 aliphatic carbocycles. The van der Waals surface area contributed by atoms with E-state index in [1.807, 2.05) is 0 Å². The molecule has 4 rings (SSSR count). The van der Waals surface area contributed by atoms with Gasteiger partial charge in [-0.05, 0) is 42.7 Å². The number of aromatic amines is 1. The second kappa shape index (κ2) is 6.49. The molecule has 26 heavy (non-hydrogen) atoms. The van der Waals surface area contributed by atoms with Gasteiger partial charge in [0.05, 0.1) is 18.0 Å². The highest BCUT2D eigenvalue weighted by molar-refractivity contribution is 7.99. The Morgan fingerprint density at radius 3 is 2.81 bits per heavy atom. The number of methoxy groups -OCH3 is 1. The lowest BCUT2D eigenvalue weighted by atomic mass is 10.1. The van der Waals surface area contributed by atoms with Crippen molar-refractivity contribution < 1.29 is 4.74 Å². The van der Waals surface area contributed by atoms with Gasteiger partial charge in [0.25, 0.3) is 5.56 Å². The van der Waals surface area contributed by atoms with Gasteiger partial charge in [-0.15, -0.1) is 5.10 Å². The third kappa shape index (κ3) is 2.74. The SMILES string of the molecule is CCc1ccc(Sc2n[nH]n3c2nc(=O)c2ccc(OC)cc23)c(C)c1. The largest absolute Gasteiger partial charge is 0.497 e. The number of nitrogens with one attached hydrogen (secondary N) is 1.